The Balaban J connectivity index is 2.70. The molecule has 1 heterocycles. The maximum atomic E-state index is 12.3. The third kappa shape index (κ3) is 4.47. The van der Waals surface area contributed by atoms with Gasteiger partial charge in [-0.05, 0) is 19.3 Å². The van der Waals surface area contributed by atoms with E-state index in [1.165, 1.54) is 0 Å². The van der Waals surface area contributed by atoms with Crippen LogP contribution in [0, 0.1) is 5.92 Å². The molecule has 0 bridgehead atoms. The molecule has 1 saturated heterocycles. The molecular formula is C13H25N3O3. The molecule has 0 aromatic rings. The molecule has 2 amide bonds. The Morgan fingerprint density at radius 2 is 2.16 bits per heavy atom. The maximum Gasteiger partial charge on any atom is 0.245 e. The fraction of sp³-hybridized carbons (Fsp3) is 0.846. The zero-order valence-corrected chi connectivity index (χ0v) is 12.0. The Morgan fingerprint density at radius 1 is 1.47 bits per heavy atom. The Labute approximate surface area is 114 Å². The first-order valence-corrected chi connectivity index (χ1v) is 6.88. The Morgan fingerprint density at radius 3 is 2.74 bits per heavy atom. The van der Waals surface area contributed by atoms with Crippen LogP contribution < -0.4 is 11.1 Å². The van der Waals surface area contributed by atoms with Gasteiger partial charge in [-0.2, -0.15) is 0 Å². The van der Waals surface area contributed by atoms with Gasteiger partial charge < -0.3 is 20.7 Å². The highest BCUT2D eigenvalue weighted by Crippen LogP contribution is 2.12. The summed E-state index contributed by atoms with van der Waals surface area (Å²) in [4.78, 5) is 25.8. The average Bonchev–Trinajstić information content (AvgIpc) is 2.37. The minimum absolute atomic E-state index is 0.159. The van der Waals surface area contributed by atoms with Gasteiger partial charge in [0.05, 0.1) is 19.3 Å². The van der Waals surface area contributed by atoms with Crippen molar-refractivity contribution in [2.75, 3.05) is 26.3 Å². The zero-order chi connectivity index (χ0) is 14.4. The summed E-state index contributed by atoms with van der Waals surface area (Å²) in [5.41, 5.74) is 5.92. The second kappa shape index (κ2) is 7.45. The summed E-state index contributed by atoms with van der Waals surface area (Å²) < 4.78 is 5.30. The van der Waals surface area contributed by atoms with Crippen LogP contribution in [0.25, 0.3) is 0 Å². The van der Waals surface area contributed by atoms with E-state index in [1.54, 1.807) is 4.90 Å². The number of hydrogen-bond acceptors (Lipinski definition) is 4. The van der Waals surface area contributed by atoms with Crippen LogP contribution >= 0.6 is 0 Å². The van der Waals surface area contributed by atoms with Crippen molar-refractivity contribution in [2.24, 2.45) is 11.7 Å². The number of hydrogen-bond donors (Lipinski definition) is 2. The molecule has 1 rings (SSSR count). The van der Waals surface area contributed by atoms with E-state index in [0.717, 1.165) is 0 Å². The van der Waals surface area contributed by atoms with E-state index >= 15 is 0 Å². The number of nitrogens with two attached hydrogens (primary N) is 1. The quantitative estimate of drug-likeness (QED) is 0.720. The molecule has 0 radical (unpaired) electrons. The van der Waals surface area contributed by atoms with Crippen molar-refractivity contribution >= 4 is 11.8 Å². The molecule has 0 spiro atoms. The highest BCUT2D eigenvalue weighted by molar-refractivity contribution is 5.90. The van der Waals surface area contributed by atoms with E-state index < -0.39 is 12.1 Å². The van der Waals surface area contributed by atoms with Crippen LogP contribution in [0.15, 0.2) is 0 Å². The number of rotatable bonds is 5. The third-order valence-electron chi connectivity index (χ3n) is 3.11. The van der Waals surface area contributed by atoms with Gasteiger partial charge in [-0.15, -0.1) is 0 Å². The largest absolute Gasteiger partial charge is 0.377 e. The van der Waals surface area contributed by atoms with Crippen LogP contribution in [-0.2, 0) is 14.3 Å². The second-order valence-corrected chi connectivity index (χ2v) is 5.25. The van der Waals surface area contributed by atoms with E-state index in [1.807, 2.05) is 20.8 Å². The third-order valence-corrected chi connectivity index (χ3v) is 3.11. The first-order chi connectivity index (χ1) is 8.97. The SMILES string of the molecule is CCNC(=O)C1COCCN1C(=O)[C@H](N)CC(C)C. The van der Waals surface area contributed by atoms with Crippen LogP contribution in [0.5, 0.6) is 0 Å². The zero-order valence-electron chi connectivity index (χ0n) is 12.0. The van der Waals surface area contributed by atoms with Gasteiger partial charge in [-0.25, -0.2) is 0 Å². The number of amides is 2. The Bertz CT molecular complexity index is 320. The number of likely N-dealkylation sites (N-methyl/N-ethyl adjacent to an activating group) is 1. The fourth-order valence-electron chi connectivity index (χ4n) is 2.20. The fourth-order valence-corrected chi connectivity index (χ4v) is 2.20. The molecule has 110 valence electrons. The molecule has 1 fully saturated rings. The van der Waals surface area contributed by atoms with Gasteiger partial charge in [0.2, 0.25) is 11.8 Å². The summed E-state index contributed by atoms with van der Waals surface area (Å²) in [5, 5.41) is 2.73. The standard InChI is InChI=1S/C13H25N3O3/c1-4-15-12(17)11-8-19-6-5-16(11)13(18)10(14)7-9(2)3/h9-11H,4-8,14H2,1-3H3,(H,15,17)/t10-,11?/m1/s1. The lowest BCUT2D eigenvalue weighted by atomic mass is 10.0. The summed E-state index contributed by atoms with van der Waals surface area (Å²) in [5.74, 6) is 0.0171. The molecule has 6 nitrogen and oxygen atoms in total. The molecule has 1 unspecified atom stereocenters. The van der Waals surface area contributed by atoms with E-state index in [0.29, 0.717) is 32.0 Å². The minimum atomic E-state index is -0.556. The van der Waals surface area contributed by atoms with Crippen molar-refractivity contribution in [3.63, 3.8) is 0 Å². The molecule has 0 saturated carbocycles. The number of morpholine rings is 1. The first kappa shape index (κ1) is 15.9. The average molecular weight is 271 g/mol. The number of nitrogens with zero attached hydrogens (tertiary/aromatic N) is 1. The molecule has 6 heteroatoms. The number of carbonyl (C=O) groups excluding carboxylic acids is 2. The van der Waals surface area contributed by atoms with Crippen molar-refractivity contribution in [3.8, 4) is 0 Å². The highest BCUT2D eigenvalue weighted by Gasteiger charge is 2.34. The van der Waals surface area contributed by atoms with E-state index in [9.17, 15) is 9.59 Å². The highest BCUT2D eigenvalue weighted by atomic mass is 16.5. The van der Waals surface area contributed by atoms with Crippen molar-refractivity contribution in [1.29, 1.82) is 0 Å². The maximum absolute atomic E-state index is 12.3. The van der Waals surface area contributed by atoms with Gasteiger partial charge in [0.15, 0.2) is 0 Å². The molecule has 1 aliphatic heterocycles. The molecule has 1 aliphatic rings. The summed E-state index contributed by atoms with van der Waals surface area (Å²) in [6.45, 7) is 7.55. The van der Waals surface area contributed by atoms with Crippen molar-refractivity contribution in [1.82, 2.24) is 10.2 Å². The molecule has 0 aliphatic carbocycles. The topological polar surface area (TPSA) is 84.7 Å². The predicted octanol–water partition coefficient (Wildman–Crippen LogP) is -0.277. The van der Waals surface area contributed by atoms with Crippen molar-refractivity contribution in [2.45, 2.75) is 39.3 Å². The van der Waals surface area contributed by atoms with Gasteiger partial charge in [0.1, 0.15) is 6.04 Å². The molecule has 3 N–H and O–H groups in total. The minimum Gasteiger partial charge on any atom is -0.377 e. The molecule has 19 heavy (non-hydrogen) atoms. The lowest BCUT2D eigenvalue weighted by molar-refractivity contribution is -0.149. The van der Waals surface area contributed by atoms with Crippen molar-refractivity contribution < 1.29 is 14.3 Å². The van der Waals surface area contributed by atoms with Crippen LogP contribution in [0.2, 0.25) is 0 Å². The van der Waals surface area contributed by atoms with E-state index in [2.05, 4.69) is 5.32 Å². The van der Waals surface area contributed by atoms with E-state index in [4.69, 9.17) is 10.5 Å². The number of ether oxygens (including phenoxy) is 1. The monoisotopic (exact) mass is 271 g/mol. The van der Waals surface area contributed by atoms with Crippen LogP contribution in [0.1, 0.15) is 27.2 Å². The summed E-state index contributed by atoms with van der Waals surface area (Å²) >= 11 is 0. The number of carbonyl (C=O) groups is 2. The van der Waals surface area contributed by atoms with Crippen LogP contribution in [0.3, 0.4) is 0 Å². The smallest absolute Gasteiger partial charge is 0.245 e. The van der Waals surface area contributed by atoms with Gasteiger partial charge >= 0.3 is 0 Å². The summed E-state index contributed by atoms with van der Waals surface area (Å²) in [7, 11) is 0. The molecule has 0 aromatic heterocycles. The lowest BCUT2D eigenvalue weighted by Gasteiger charge is -2.36. The second-order valence-electron chi connectivity index (χ2n) is 5.25. The van der Waals surface area contributed by atoms with Gasteiger partial charge in [0.25, 0.3) is 0 Å². The van der Waals surface area contributed by atoms with E-state index in [-0.39, 0.29) is 18.4 Å². The van der Waals surface area contributed by atoms with Gasteiger partial charge in [-0.1, -0.05) is 13.8 Å². The molecule has 0 aromatic carbocycles. The lowest BCUT2D eigenvalue weighted by Crippen LogP contribution is -2.59. The predicted molar refractivity (Wildman–Crippen MR) is 72.4 cm³/mol. The Hall–Kier alpha value is -1.14. The summed E-state index contributed by atoms with van der Waals surface area (Å²) in [6, 6.07) is -1.10. The van der Waals surface area contributed by atoms with Crippen LogP contribution in [-0.4, -0.2) is 55.1 Å². The van der Waals surface area contributed by atoms with Gasteiger partial charge in [-0.3, -0.25) is 9.59 Å². The van der Waals surface area contributed by atoms with Gasteiger partial charge in [0, 0.05) is 13.1 Å². The van der Waals surface area contributed by atoms with Crippen LogP contribution in [0.4, 0.5) is 0 Å². The first-order valence-electron chi connectivity index (χ1n) is 6.88. The number of nitrogens with one attached hydrogen (secondary N) is 1. The molecule has 2 atom stereocenters. The molecular weight excluding hydrogens is 246 g/mol. The summed E-state index contributed by atoms with van der Waals surface area (Å²) in [6.07, 6.45) is 0.623. The van der Waals surface area contributed by atoms with Crippen molar-refractivity contribution in [3.05, 3.63) is 0 Å². The normalized spacial score (nSPS) is 21.3. The Kier molecular flexibility index (Phi) is 6.24.